The summed E-state index contributed by atoms with van der Waals surface area (Å²) in [5.41, 5.74) is 5.12. The van der Waals surface area contributed by atoms with Crippen LogP contribution in [-0.4, -0.2) is 18.2 Å². The van der Waals surface area contributed by atoms with E-state index in [0.29, 0.717) is 18.1 Å². The molecule has 0 aliphatic heterocycles. The molecule has 0 bridgehead atoms. The number of carbonyl (C=O) groups is 1. The Labute approximate surface area is 143 Å². The minimum atomic E-state index is -0.227. The van der Waals surface area contributed by atoms with Gasteiger partial charge in [-0.15, -0.1) is 0 Å². The minimum absolute atomic E-state index is 0.227. The number of hydrazone groups is 1. The van der Waals surface area contributed by atoms with E-state index in [-0.39, 0.29) is 5.91 Å². The van der Waals surface area contributed by atoms with Crippen LogP contribution in [0.2, 0.25) is 0 Å². The predicted octanol–water partition coefficient (Wildman–Crippen LogP) is 4.27. The van der Waals surface area contributed by atoms with Crippen molar-refractivity contribution >= 4 is 11.6 Å². The molecule has 0 aliphatic carbocycles. The largest absolute Gasteiger partial charge is 0.494 e. The van der Waals surface area contributed by atoms with Crippen molar-refractivity contribution in [3.8, 4) is 5.75 Å². The van der Waals surface area contributed by atoms with Gasteiger partial charge in [0.25, 0.3) is 5.91 Å². The Morgan fingerprint density at radius 2 is 1.71 bits per heavy atom. The first kappa shape index (κ1) is 17.7. The highest BCUT2D eigenvalue weighted by Gasteiger charge is 2.09. The lowest BCUT2D eigenvalue weighted by atomic mass is 10.0. The molecule has 0 heterocycles. The zero-order valence-corrected chi connectivity index (χ0v) is 14.5. The predicted molar refractivity (Wildman–Crippen MR) is 97.5 cm³/mol. The summed E-state index contributed by atoms with van der Waals surface area (Å²) in [5, 5.41) is 4.36. The molecule has 0 aliphatic rings. The van der Waals surface area contributed by atoms with E-state index in [0.717, 1.165) is 23.4 Å². The van der Waals surface area contributed by atoms with E-state index in [4.69, 9.17) is 4.74 Å². The first-order valence-corrected chi connectivity index (χ1v) is 8.25. The maximum Gasteiger partial charge on any atom is 0.271 e. The molecule has 4 nitrogen and oxygen atoms in total. The van der Waals surface area contributed by atoms with Crippen LogP contribution in [-0.2, 0) is 0 Å². The number of hydrogen-bond donors (Lipinski definition) is 1. The van der Waals surface area contributed by atoms with Gasteiger partial charge in [-0.1, -0.05) is 44.2 Å². The van der Waals surface area contributed by atoms with E-state index in [1.54, 1.807) is 24.3 Å². The fourth-order valence-corrected chi connectivity index (χ4v) is 2.30. The molecule has 2 rings (SSSR count). The van der Waals surface area contributed by atoms with E-state index in [1.807, 2.05) is 37.3 Å². The number of benzene rings is 2. The van der Waals surface area contributed by atoms with Gasteiger partial charge in [0.1, 0.15) is 5.75 Å². The molecule has 24 heavy (non-hydrogen) atoms. The van der Waals surface area contributed by atoms with E-state index in [9.17, 15) is 4.79 Å². The van der Waals surface area contributed by atoms with Crippen LogP contribution in [0.15, 0.2) is 59.7 Å². The summed E-state index contributed by atoms with van der Waals surface area (Å²) in [6.07, 6.45) is 0.799. The SMILES string of the molecule is CCOc1ccc(C(=O)NN=C(CC(C)C)c2ccccc2)cc1. The number of ether oxygens (including phenoxy) is 1. The first-order valence-electron chi connectivity index (χ1n) is 8.25. The van der Waals surface area contributed by atoms with Crippen LogP contribution in [0.4, 0.5) is 0 Å². The third kappa shape index (κ3) is 5.23. The second-order valence-corrected chi connectivity index (χ2v) is 5.92. The van der Waals surface area contributed by atoms with Gasteiger partial charge in [-0.05, 0) is 49.1 Å². The fraction of sp³-hybridized carbons (Fsp3) is 0.300. The van der Waals surface area contributed by atoms with E-state index in [1.165, 1.54) is 0 Å². The zero-order chi connectivity index (χ0) is 17.4. The van der Waals surface area contributed by atoms with E-state index in [2.05, 4.69) is 24.4 Å². The molecule has 4 heteroatoms. The number of rotatable bonds is 7. The maximum atomic E-state index is 12.3. The lowest BCUT2D eigenvalue weighted by Gasteiger charge is -2.10. The molecule has 0 aromatic heterocycles. The second kappa shape index (κ2) is 8.87. The lowest BCUT2D eigenvalue weighted by Crippen LogP contribution is -2.20. The Balaban J connectivity index is 2.11. The average molecular weight is 324 g/mol. The van der Waals surface area contributed by atoms with Gasteiger partial charge >= 0.3 is 0 Å². The number of nitrogens with zero attached hydrogens (tertiary/aromatic N) is 1. The van der Waals surface area contributed by atoms with Crippen LogP contribution >= 0.6 is 0 Å². The lowest BCUT2D eigenvalue weighted by molar-refractivity contribution is 0.0954. The summed E-state index contributed by atoms with van der Waals surface area (Å²) in [7, 11) is 0. The fourth-order valence-electron chi connectivity index (χ4n) is 2.30. The summed E-state index contributed by atoms with van der Waals surface area (Å²) in [6, 6.07) is 17.0. The summed E-state index contributed by atoms with van der Waals surface area (Å²) in [5.74, 6) is 0.976. The van der Waals surface area contributed by atoms with Gasteiger partial charge in [-0.2, -0.15) is 5.10 Å². The Bertz CT molecular complexity index is 677. The molecule has 0 radical (unpaired) electrons. The zero-order valence-electron chi connectivity index (χ0n) is 14.5. The monoisotopic (exact) mass is 324 g/mol. The van der Waals surface area contributed by atoms with Crippen molar-refractivity contribution in [2.45, 2.75) is 27.2 Å². The second-order valence-electron chi connectivity index (χ2n) is 5.92. The van der Waals surface area contributed by atoms with Crippen molar-refractivity contribution in [2.75, 3.05) is 6.61 Å². The molecular formula is C20H24N2O2. The molecule has 126 valence electrons. The summed E-state index contributed by atoms with van der Waals surface area (Å²) in [4.78, 5) is 12.3. The van der Waals surface area contributed by atoms with Crippen molar-refractivity contribution in [3.63, 3.8) is 0 Å². The highest BCUT2D eigenvalue weighted by atomic mass is 16.5. The van der Waals surface area contributed by atoms with Gasteiger partial charge in [0.15, 0.2) is 0 Å². The minimum Gasteiger partial charge on any atom is -0.494 e. The summed E-state index contributed by atoms with van der Waals surface area (Å²) < 4.78 is 5.38. The van der Waals surface area contributed by atoms with E-state index >= 15 is 0 Å². The summed E-state index contributed by atoms with van der Waals surface area (Å²) in [6.45, 7) is 6.79. The van der Waals surface area contributed by atoms with Crippen molar-refractivity contribution in [2.24, 2.45) is 11.0 Å². The Kier molecular flexibility index (Phi) is 6.55. The molecule has 0 saturated carbocycles. The van der Waals surface area contributed by atoms with Crippen molar-refractivity contribution in [1.29, 1.82) is 0 Å². The standard InChI is InChI=1S/C20H24N2O2/c1-4-24-18-12-10-17(11-13-18)20(23)22-21-19(14-15(2)3)16-8-6-5-7-9-16/h5-13,15H,4,14H2,1-3H3,(H,22,23). The molecule has 1 amide bonds. The van der Waals surface area contributed by atoms with Crippen molar-refractivity contribution in [1.82, 2.24) is 5.43 Å². The van der Waals surface area contributed by atoms with Gasteiger partial charge in [0.05, 0.1) is 12.3 Å². The van der Waals surface area contributed by atoms with Crippen LogP contribution in [0, 0.1) is 5.92 Å². The molecule has 1 N–H and O–H groups in total. The van der Waals surface area contributed by atoms with Gasteiger partial charge in [-0.3, -0.25) is 4.79 Å². The molecule has 0 saturated heterocycles. The number of hydrogen-bond acceptors (Lipinski definition) is 3. The third-order valence-corrected chi connectivity index (χ3v) is 3.43. The van der Waals surface area contributed by atoms with Crippen LogP contribution in [0.5, 0.6) is 5.75 Å². The molecule has 2 aromatic carbocycles. The van der Waals surface area contributed by atoms with Gasteiger partial charge in [0.2, 0.25) is 0 Å². The Morgan fingerprint density at radius 3 is 2.29 bits per heavy atom. The molecule has 2 aromatic rings. The first-order chi connectivity index (χ1) is 11.6. The number of amides is 1. The third-order valence-electron chi connectivity index (χ3n) is 3.43. The van der Waals surface area contributed by atoms with Crippen molar-refractivity contribution in [3.05, 3.63) is 65.7 Å². The number of carbonyl (C=O) groups excluding carboxylic acids is 1. The maximum absolute atomic E-state index is 12.3. The summed E-state index contributed by atoms with van der Waals surface area (Å²) >= 11 is 0. The Morgan fingerprint density at radius 1 is 1.04 bits per heavy atom. The highest BCUT2D eigenvalue weighted by molar-refractivity contribution is 6.02. The van der Waals surface area contributed by atoms with Crippen LogP contribution in [0.1, 0.15) is 43.1 Å². The molecule has 0 unspecified atom stereocenters. The molecule has 0 fully saturated rings. The van der Waals surface area contributed by atoms with Gasteiger partial charge in [0, 0.05) is 5.56 Å². The Hall–Kier alpha value is -2.62. The van der Waals surface area contributed by atoms with Crippen LogP contribution < -0.4 is 10.2 Å². The molecule has 0 atom stereocenters. The van der Waals surface area contributed by atoms with Crippen LogP contribution in [0.25, 0.3) is 0 Å². The van der Waals surface area contributed by atoms with Crippen LogP contribution in [0.3, 0.4) is 0 Å². The smallest absolute Gasteiger partial charge is 0.271 e. The van der Waals surface area contributed by atoms with Gasteiger partial charge < -0.3 is 4.74 Å². The number of nitrogens with one attached hydrogen (secondary N) is 1. The quantitative estimate of drug-likeness (QED) is 0.611. The average Bonchev–Trinajstić information content (AvgIpc) is 2.60. The van der Waals surface area contributed by atoms with Crippen molar-refractivity contribution < 1.29 is 9.53 Å². The normalized spacial score (nSPS) is 11.4. The molecule has 0 spiro atoms. The topological polar surface area (TPSA) is 50.7 Å². The van der Waals surface area contributed by atoms with E-state index < -0.39 is 0 Å². The highest BCUT2D eigenvalue weighted by Crippen LogP contribution is 2.13. The molecular weight excluding hydrogens is 300 g/mol. The van der Waals surface area contributed by atoms with Gasteiger partial charge in [-0.25, -0.2) is 5.43 Å².